The first kappa shape index (κ1) is 16.9. The first-order valence-electron chi connectivity index (χ1n) is 7.74. The molecule has 120 valence electrons. The van der Waals surface area contributed by atoms with E-state index in [0.29, 0.717) is 17.0 Å². The van der Waals surface area contributed by atoms with E-state index in [1.165, 1.54) is 31.0 Å². The molecule has 1 saturated carbocycles. The zero-order valence-corrected chi connectivity index (χ0v) is 13.9. The van der Waals surface area contributed by atoms with E-state index in [4.69, 9.17) is 5.11 Å². The van der Waals surface area contributed by atoms with Crippen LogP contribution in [0.5, 0.6) is 0 Å². The largest absolute Gasteiger partial charge is 0.480 e. The first-order chi connectivity index (χ1) is 10.5. The summed E-state index contributed by atoms with van der Waals surface area (Å²) in [6, 6.07) is 7.19. The van der Waals surface area contributed by atoms with Crippen LogP contribution in [-0.2, 0) is 4.79 Å². The molecule has 0 bridgehead atoms. The Labute approximate surface area is 135 Å². The van der Waals surface area contributed by atoms with E-state index in [1.54, 1.807) is 19.1 Å². The number of rotatable bonds is 7. The highest BCUT2D eigenvalue weighted by atomic mass is 32.2. The number of aliphatic carboxylic acids is 1. The van der Waals surface area contributed by atoms with Gasteiger partial charge in [-0.3, -0.25) is 9.59 Å². The lowest BCUT2D eigenvalue weighted by molar-refractivity contribution is -0.136. The molecular formula is C17H23NO3S. The molecule has 1 unspecified atom stereocenters. The molecule has 22 heavy (non-hydrogen) atoms. The third-order valence-corrected chi connectivity index (χ3v) is 5.74. The van der Waals surface area contributed by atoms with Crippen LogP contribution in [0.2, 0.25) is 0 Å². The van der Waals surface area contributed by atoms with Crippen molar-refractivity contribution in [1.29, 1.82) is 0 Å². The minimum atomic E-state index is -0.875. The molecule has 0 radical (unpaired) electrons. The van der Waals surface area contributed by atoms with Gasteiger partial charge in [0.15, 0.2) is 0 Å². The molecule has 2 N–H and O–H groups in total. The van der Waals surface area contributed by atoms with Gasteiger partial charge in [-0.25, -0.2) is 0 Å². The van der Waals surface area contributed by atoms with E-state index in [9.17, 15) is 9.59 Å². The lowest BCUT2D eigenvalue weighted by atomic mass is 9.67. The summed E-state index contributed by atoms with van der Waals surface area (Å²) in [6.07, 6.45) is 4.68. The van der Waals surface area contributed by atoms with Crippen molar-refractivity contribution in [2.24, 2.45) is 5.41 Å². The van der Waals surface area contributed by atoms with Crippen LogP contribution < -0.4 is 5.32 Å². The van der Waals surface area contributed by atoms with Gasteiger partial charge in [-0.05, 0) is 43.7 Å². The second-order valence-electron chi connectivity index (χ2n) is 5.98. The highest BCUT2D eigenvalue weighted by Crippen LogP contribution is 2.43. The molecule has 0 heterocycles. The average molecular weight is 321 g/mol. The normalized spacial score (nSPS) is 17.4. The fourth-order valence-corrected chi connectivity index (χ4v) is 3.62. The van der Waals surface area contributed by atoms with Crippen molar-refractivity contribution in [3.8, 4) is 0 Å². The summed E-state index contributed by atoms with van der Waals surface area (Å²) in [6.45, 7) is 4.50. The van der Waals surface area contributed by atoms with Crippen molar-refractivity contribution in [3.05, 3.63) is 29.8 Å². The van der Waals surface area contributed by atoms with E-state index < -0.39 is 11.2 Å². The maximum absolute atomic E-state index is 12.4. The Kier molecular flexibility index (Phi) is 5.51. The molecule has 1 amide bonds. The number of carbonyl (C=O) groups is 2. The maximum atomic E-state index is 12.4. The van der Waals surface area contributed by atoms with Gasteiger partial charge in [-0.1, -0.05) is 25.5 Å². The van der Waals surface area contributed by atoms with Gasteiger partial charge in [-0.15, -0.1) is 11.8 Å². The van der Waals surface area contributed by atoms with E-state index in [-0.39, 0.29) is 11.3 Å². The molecule has 0 spiro atoms. The minimum Gasteiger partial charge on any atom is -0.480 e. The topological polar surface area (TPSA) is 66.4 Å². The number of thioether (sulfide) groups is 1. The van der Waals surface area contributed by atoms with Crippen molar-refractivity contribution < 1.29 is 14.7 Å². The van der Waals surface area contributed by atoms with Crippen LogP contribution in [0, 0.1) is 5.41 Å². The second kappa shape index (κ2) is 7.18. The van der Waals surface area contributed by atoms with Crippen molar-refractivity contribution in [2.75, 3.05) is 6.54 Å². The summed E-state index contributed by atoms with van der Waals surface area (Å²) >= 11 is 1.21. The Hall–Kier alpha value is -1.49. The smallest absolute Gasteiger partial charge is 0.316 e. The van der Waals surface area contributed by atoms with Gasteiger partial charge in [0.25, 0.3) is 5.91 Å². The molecule has 2 rings (SSSR count). The maximum Gasteiger partial charge on any atom is 0.316 e. The summed E-state index contributed by atoms with van der Waals surface area (Å²) in [5.41, 5.74) is 0.831. The number of carboxylic acid groups (broad SMARTS) is 1. The van der Waals surface area contributed by atoms with E-state index in [0.717, 1.165) is 6.42 Å². The van der Waals surface area contributed by atoms with Gasteiger partial charge in [0.05, 0.1) is 5.56 Å². The third kappa shape index (κ3) is 3.83. The van der Waals surface area contributed by atoms with E-state index in [2.05, 4.69) is 12.2 Å². The Morgan fingerprint density at radius 3 is 2.59 bits per heavy atom. The van der Waals surface area contributed by atoms with Crippen LogP contribution in [0.25, 0.3) is 0 Å². The summed E-state index contributed by atoms with van der Waals surface area (Å²) in [5, 5.41) is 11.5. The van der Waals surface area contributed by atoms with E-state index in [1.807, 2.05) is 12.1 Å². The third-order valence-electron chi connectivity index (χ3n) is 4.57. The predicted octanol–water partition coefficient (Wildman–Crippen LogP) is 3.56. The molecule has 1 aromatic carbocycles. The minimum absolute atomic E-state index is 0.111. The zero-order chi connectivity index (χ0) is 16.2. The lowest BCUT2D eigenvalue weighted by Gasteiger charge is -2.41. The number of carbonyl (C=O) groups excluding carboxylic acids is 1. The fraction of sp³-hybridized carbons (Fsp3) is 0.529. The van der Waals surface area contributed by atoms with Crippen LogP contribution in [0.3, 0.4) is 0 Å². The monoisotopic (exact) mass is 321 g/mol. The summed E-state index contributed by atoms with van der Waals surface area (Å²) in [5.74, 6) is -0.986. The number of benzene rings is 1. The molecule has 1 atom stereocenters. The molecule has 1 fully saturated rings. The zero-order valence-electron chi connectivity index (χ0n) is 13.1. The Morgan fingerprint density at radius 2 is 2.05 bits per heavy atom. The number of hydrogen-bond acceptors (Lipinski definition) is 3. The van der Waals surface area contributed by atoms with Gasteiger partial charge in [-0.2, -0.15) is 0 Å². The number of amides is 1. The summed E-state index contributed by atoms with van der Waals surface area (Å²) in [4.78, 5) is 24.2. The molecule has 0 aromatic heterocycles. The molecule has 1 aliphatic carbocycles. The molecule has 0 aliphatic heterocycles. The highest BCUT2D eigenvalue weighted by Gasteiger charge is 2.35. The molecule has 0 saturated heterocycles. The van der Waals surface area contributed by atoms with Crippen molar-refractivity contribution in [1.82, 2.24) is 5.32 Å². The van der Waals surface area contributed by atoms with Crippen LogP contribution in [-0.4, -0.2) is 28.8 Å². The Balaban J connectivity index is 2.04. The number of nitrogens with one attached hydrogen (secondary N) is 1. The van der Waals surface area contributed by atoms with Gasteiger partial charge >= 0.3 is 5.97 Å². The Morgan fingerprint density at radius 1 is 1.36 bits per heavy atom. The second-order valence-corrected chi connectivity index (χ2v) is 7.37. The first-order valence-corrected chi connectivity index (χ1v) is 8.62. The fourth-order valence-electron chi connectivity index (χ4n) is 2.69. The van der Waals surface area contributed by atoms with Gasteiger partial charge < -0.3 is 10.4 Å². The van der Waals surface area contributed by atoms with Gasteiger partial charge in [0, 0.05) is 11.4 Å². The van der Waals surface area contributed by atoms with Crippen molar-refractivity contribution in [2.45, 2.75) is 49.7 Å². The van der Waals surface area contributed by atoms with Gasteiger partial charge in [0.2, 0.25) is 0 Å². The number of hydrogen-bond donors (Lipinski definition) is 2. The molecule has 5 heteroatoms. The quantitative estimate of drug-likeness (QED) is 0.754. The van der Waals surface area contributed by atoms with Crippen LogP contribution in [0.4, 0.5) is 0 Å². The lowest BCUT2D eigenvalue weighted by Crippen LogP contribution is -2.41. The SMILES string of the molecule is CCC1(CNC(=O)c2ccccc2SC(C)C(=O)O)CCC1. The average Bonchev–Trinajstić information content (AvgIpc) is 2.46. The summed E-state index contributed by atoms with van der Waals surface area (Å²) < 4.78 is 0. The van der Waals surface area contributed by atoms with Crippen LogP contribution >= 0.6 is 11.8 Å². The molecule has 1 aliphatic rings. The van der Waals surface area contributed by atoms with Crippen LogP contribution in [0.1, 0.15) is 49.9 Å². The standard InChI is InChI=1S/C17H23NO3S/c1-3-17(9-6-10-17)11-18-15(19)13-7-4-5-8-14(13)22-12(2)16(20)21/h4-5,7-8,12H,3,6,9-11H2,1-2H3,(H,18,19)(H,20,21). The van der Waals surface area contributed by atoms with E-state index >= 15 is 0 Å². The highest BCUT2D eigenvalue weighted by molar-refractivity contribution is 8.00. The van der Waals surface area contributed by atoms with Crippen molar-refractivity contribution >= 4 is 23.6 Å². The molecular weight excluding hydrogens is 298 g/mol. The summed E-state index contributed by atoms with van der Waals surface area (Å²) in [7, 11) is 0. The van der Waals surface area contributed by atoms with Crippen LogP contribution in [0.15, 0.2) is 29.2 Å². The molecule has 4 nitrogen and oxygen atoms in total. The van der Waals surface area contributed by atoms with Crippen molar-refractivity contribution in [3.63, 3.8) is 0 Å². The predicted molar refractivity (Wildman–Crippen MR) is 88.3 cm³/mol. The molecule has 1 aromatic rings. The van der Waals surface area contributed by atoms with Gasteiger partial charge in [0.1, 0.15) is 5.25 Å². The Bertz CT molecular complexity index is 549. The number of carboxylic acids is 1.